The topological polar surface area (TPSA) is 0 Å². The minimum atomic E-state index is 0. The van der Waals surface area contributed by atoms with Crippen LogP contribution in [-0.2, 0) is 19.5 Å². The first kappa shape index (κ1) is 12.3. The van der Waals surface area contributed by atoms with Crippen LogP contribution in [0.15, 0.2) is 48.5 Å². The monoisotopic (exact) mass is 260 g/mol. The van der Waals surface area contributed by atoms with Crippen LogP contribution in [0.3, 0.4) is 0 Å². The summed E-state index contributed by atoms with van der Waals surface area (Å²) >= 11 is 0. The van der Waals surface area contributed by atoms with Crippen molar-refractivity contribution in [1.82, 2.24) is 0 Å². The Bertz CT molecular complexity index is 245. The van der Waals surface area contributed by atoms with Crippen molar-refractivity contribution in [2.24, 2.45) is 0 Å². The molecule has 0 aliphatic heterocycles. The molecule has 0 N–H and O–H groups in total. The van der Waals surface area contributed by atoms with E-state index in [2.05, 4.69) is 38.1 Å². The zero-order chi connectivity index (χ0) is 8.81. The predicted octanol–water partition coefficient (Wildman–Crippen LogP) is 3.43. The van der Waals surface area contributed by atoms with E-state index in [4.69, 9.17) is 0 Å². The summed E-state index contributed by atoms with van der Waals surface area (Å²) in [7, 11) is 0. The molecule has 0 heterocycles. The summed E-state index contributed by atoms with van der Waals surface area (Å²) < 4.78 is 0. The van der Waals surface area contributed by atoms with Crippen molar-refractivity contribution in [3.63, 3.8) is 0 Å². The van der Waals surface area contributed by atoms with Gasteiger partial charge >= 0.3 is 0 Å². The molecule has 2 aromatic rings. The molecule has 0 bridgehead atoms. The molecule has 76 valence electrons. The van der Waals surface area contributed by atoms with Crippen molar-refractivity contribution in [3.05, 3.63) is 59.7 Å². The van der Waals surface area contributed by atoms with Crippen LogP contribution in [-0.4, -0.2) is 0 Å². The zero-order valence-corrected chi connectivity index (χ0v) is 9.71. The van der Waals surface area contributed by atoms with Crippen LogP contribution in [0.2, 0.25) is 0 Å². The average Bonchev–Trinajstić information content (AvgIpc) is 2.63. The molecule has 0 atom stereocenters. The molecule has 0 fully saturated rings. The molecule has 0 saturated heterocycles. The summed E-state index contributed by atoms with van der Waals surface area (Å²) in [4.78, 5) is 0. The van der Waals surface area contributed by atoms with E-state index in [1.54, 1.807) is 0 Å². The van der Waals surface area contributed by atoms with Gasteiger partial charge in [0.25, 0.3) is 0 Å². The summed E-state index contributed by atoms with van der Waals surface area (Å²) in [6, 6.07) is 16.5. The molecule has 0 aromatic heterocycles. The molecule has 2 rings (SSSR count). The van der Waals surface area contributed by atoms with E-state index in [1.165, 1.54) is 11.1 Å². The first-order valence-corrected chi connectivity index (χ1v) is 4.15. The second kappa shape index (κ2) is 6.80. The Morgan fingerprint density at radius 1 is 0.923 bits per heavy atom. The van der Waals surface area contributed by atoms with Gasteiger partial charge in [-0.25, -0.2) is 19.1 Å². The minimum Gasteiger partial charge on any atom is -0.748 e. The Morgan fingerprint density at radius 3 is 1.54 bits per heavy atom. The molecule has 0 spiro atoms. The molecule has 0 aliphatic carbocycles. The van der Waals surface area contributed by atoms with Gasteiger partial charge in [0.2, 0.25) is 0 Å². The van der Waals surface area contributed by atoms with Gasteiger partial charge < -0.3 is 29.8 Å². The third-order valence-corrected chi connectivity index (χ3v) is 1.66. The maximum Gasteiger partial charge on any atom is 0 e. The van der Waals surface area contributed by atoms with Crippen molar-refractivity contribution in [2.75, 3.05) is 0 Å². The smallest absolute Gasteiger partial charge is 0 e. The van der Waals surface area contributed by atoms with Gasteiger partial charge in [0.15, 0.2) is 0 Å². The fourth-order valence-electron chi connectivity index (χ4n) is 0.940. The van der Waals surface area contributed by atoms with Gasteiger partial charge in [0.05, 0.1) is 0 Å². The Morgan fingerprint density at radius 2 is 1.38 bits per heavy atom. The largest absolute Gasteiger partial charge is 0.748 e. The summed E-state index contributed by atoms with van der Waals surface area (Å²) in [5, 5.41) is 0. The first-order valence-electron chi connectivity index (χ1n) is 4.15. The van der Waals surface area contributed by atoms with Crippen molar-refractivity contribution in [1.29, 1.82) is 0 Å². The maximum atomic E-state index is 2.08. The number of hydrogen-bond acceptors (Lipinski definition) is 0. The third-order valence-electron chi connectivity index (χ3n) is 1.66. The number of hydrogen-bond donors (Lipinski definition) is 0. The molecule has 13 heavy (non-hydrogen) atoms. The van der Waals surface area contributed by atoms with Crippen LogP contribution in [0.4, 0.5) is 0 Å². The van der Waals surface area contributed by atoms with E-state index in [0.717, 1.165) is 0 Å². The molecule has 1 heteroatoms. The maximum absolute atomic E-state index is 2.08. The van der Waals surface area contributed by atoms with Crippen LogP contribution in [0, 0.1) is 13.8 Å². The molecular weight excluding hydrogens is 245 g/mol. The average molecular weight is 259 g/mol. The minimum absolute atomic E-state index is 0. The molecule has 0 saturated carbocycles. The van der Waals surface area contributed by atoms with E-state index < -0.39 is 0 Å². The number of aryl methyl sites for hydroxylation is 2. The van der Waals surface area contributed by atoms with Crippen LogP contribution in [0.25, 0.3) is 0 Å². The summed E-state index contributed by atoms with van der Waals surface area (Å²) in [5.74, 6) is 0. The van der Waals surface area contributed by atoms with Crippen LogP contribution in [0.1, 0.15) is 11.1 Å². The normalized spacial score (nSPS) is 8.15. The van der Waals surface area contributed by atoms with Gasteiger partial charge in [-0.15, -0.1) is 0 Å². The molecule has 2 aromatic carbocycles. The first-order chi connectivity index (χ1) is 5.79. The fourth-order valence-corrected chi connectivity index (χ4v) is 0.940. The van der Waals surface area contributed by atoms with Crippen molar-refractivity contribution < 1.29 is 19.5 Å². The molecule has 0 unspecified atom stereocenters. The molecule has 0 aliphatic rings. The molecule has 0 nitrogen and oxygen atoms in total. The van der Waals surface area contributed by atoms with Crippen LogP contribution < -0.4 is 0 Å². The summed E-state index contributed by atoms with van der Waals surface area (Å²) in [6.45, 7) is 4.17. The van der Waals surface area contributed by atoms with Crippen molar-refractivity contribution >= 4 is 0 Å². The van der Waals surface area contributed by atoms with E-state index in [9.17, 15) is 0 Å². The van der Waals surface area contributed by atoms with E-state index in [-0.39, 0.29) is 19.5 Å². The third kappa shape index (κ3) is 5.54. The molecule has 0 radical (unpaired) electrons. The van der Waals surface area contributed by atoms with Crippen LogP contribution >= 0.6 is 0 Å². The van der Waals surface area contributed by atoms with Gasteiger partial charge in [-0.1, -0.05) is 6.92 Å². The second-order valence-electron chi connectivity index (χ2n) is 2.92. The summed E-state index contributed by atoms with van der Waals surface area (Å²) in [5.41, 5.74) is 2.69. The van der Waals surface area contributed by atoms with Crippen LogP contribution in [0.5, 0.6) is 0 Å². The zero-order valence-electron chi connectivity index (χ0n) is 7.97. The van der Waals surface area contributed by atoms with E-state index in [1.807, 2.05) is 24.3 Å². The quantitative estimate of drug-likeness (QED) is 0.502. The van der Waals surface area contributed by atoms with E-state index in [0.29, 0.717) is 0 Å². The Balaban J connectivity index is 0.000000206. The Kier molecular flexibility index (Phi) is 6.44. The predicted molar refractivity (Wildman–Crippen MR) is 53.5 cm³/mol. The summed E-state index contributed by atoms with van der Waals surface area (Å²) in [6.07, 6.45) is 0. The van der Waals surface area contributed by atoms with Gasteiger partial charge in [-0.2, -0.15) is 17.7 Å². The standard InChI is InChI=1S/2C6H7.Ru/c2*1-6-4-2-3-5-6;/h2*2-5H,1H3;/q-5;-1;. The van der Waals surface area contributed by atoms with E-state index >= 15 is 0 Å². The second-order valence-corrected chi connectivity index (χ2v) is 2.92. The van der Waals surface area contributed by atoms with Crippen molar-refractivity contribution in [3.8, 4) is 0 Å². The van der Waals surface area contributed by atoms with Gasteiger partial charge in [0.1, 0.15) is 0 Å². The van der Waals surface area contributed by atoms with Gasteiger partial charge in [0, 0.05) is 19.5 Å². The van der Waals surface area contributed by atoms with Gasteiger partial charge in [-0.3, -0.25) is 0 Å². The fraction of sp³-hybridized carbons (Fsp3) is 0.167. The Hall–Kier alpha value is -0.677. The van der Waals surface area contributed by atoms with Crippen molar-refractivity contribution in [2.45, 2.75) is 13.8 Å². The number of rotatable bonds is 0. The molecule has 0 amide bonds. The SMILES string of the molecule is C[c-]1[cH-][cH-][cH-][cH-]1.C[c-]1cccc1.[Ru]. The van der Waals surface area contributed by atoms with Gasteiger partial charge in [-0.05, 0) is 0 Å². The molecular formula is C12H14Ru-6. The Labute approximate surface area is 93.1 Å².